The van der Waals surface area contributed by atoms with Crippen molar-refractivity contribution < 1.29 is 36.6 Å². The molecule has 0 aliphatic rings. The topological polar surface area (TPSA) is 91.3 Å². The van der Waals surface area contributed by atoms with E-state index in [4.69, 9.17) is 0 Å². The number of anilines is 1. The average Bonchev–Trinajstić information content (AvgIpc) is 2.79. The lowest BCUT2D eigenvalue weighted by Gasteiger charge is -2.19. The van der Waals surface area contributed by atoms with Gasteiger partial charge in [-0.3, -0.25) is 14.2 Å². The van der Waals surface area contributed by atoms with E-state index in [1.807, 2.05) is 0 Å². The van der Waals surface area contributed by atoms with Gasteiger partial charge in [-0.25, -0.2) is 22.4 Å². The van der Waals surface area contributed by atoms with E-state index in [0.717, 1.165) is 4.47 Å². The number of nitrogens with zero attached hydrogens (tertiary/aromatic N) is 1. The number of amides is 1. The third kappa shape index (κ3) is 6.24. The maximum Gasteiger partial charge on any atom is 0.326 e. The van der Waals surface area contributed by atoms with Crippen LogP contribution in [-0.2, 0) is 11.2 Å². The van der Waals surface area contributed by atoms with Crippen LogP contribution >= 0.6 is 15.9 Å². The number of aromatic nitrogens is 1. The lowest BCUT2D eigenvalue weighted by molar-refractivity contribution is -0.139. The SMILES string of the molecule is O=C(NC(Cc1ccc(Br)c2cccnc12)C(=O)O)c1c(F)cc(NC(CCF)C(F)F)cc1F. The second kappa shape index (κ2) is 11.4. The zero-order valence-corrected chi connectivity index (χ0v) is 19.5. The van der Waals surface area contributed by atoms with Crippen LogP contribution in [0.4, 0.5) is 27.6 Å². The summed E-state index contributed by atoms with van der Waals surface area (Å²) >= 11 is 3.38. The molecule has 35 heavy (non-hydrogen) atoms. The second-order valence-electron chi connectivity index (χ2n) is 7.55. The number of alkyl halides is 3. The van der Waals surface area contributed by atoms with E-state index in [1.165, 1.54) is 6.20 Å². The van der Waals surface area contributed by atoms with Crippen LogP contribution in [-0.4, -0.2) is 47.2 Å². The van der Waals surface area contributed by atoms with Gasteiger partial charge in [-0.15, -0.1) is 0 Å². The summed E-state index contributed by atoms with van der Waals surface area (Å²) in [4.78, 5) is 28.6. The number of carboxylic acids is 1. The van der Waals surface area contributed by atoms with Crippen LogP contribution in [0.1, 0.15) is 22.3 Å². The Labute approximate surface area is 204 Å². The maximum absolute atomic E-state index is 14.6. The molecule has 0 saturated carbocycles. The van der Waals surface area contributed by atoms with E-state index in [1.54, 1.807) is 24.3 Å². The highest BCUT2D eigenvalue weighted by Gasteiger charge is 2.27. The summed E-state index contributed by atoms with van der Waals surface area (Å²) in [5.41, 5.74) is -0.544. The summed E-state index contributed by atoms with van der Waals surface area (Å²) < 4.78 is 68.2. The molecule has 0 saturated heterocycles. The van der Waals surface area contributed by atoms with Crippen LogP contribution in [0, 0.1) is 11.6 Å². The van der Waals surface area contributed by atoms with E-state index in [-0.39, 0.29) is 6.42 Å². The van der Waals surface area contributed by atoms with Crippen molar-refractivity contribution in [1.29, 1.82) is 0 Å². The molecule has 3 aromatic rings. The molecule has 2 unspecified atom stereocenters. The van der Waals surface area contributed by atoms with Crippen molar-refractivity contribution in [2.24, 2.45) is 0 Å². The van der Waals surface area contributed by atoms with Crippen molar-refractivity contribution >= 4 is 44.4 Å². The Morgan fingerprint density at radius 1 is 1.11 bits per heavy atom. The lowest BCUT2D eigenvalue weighted by Crippen LogP contribution is -2.43. The largest absolute Gasteiger partial charge is 0.480 e. The fourth-order valence-electron chi connectivity index (χ4n) is 3.48. The zero-order valence-electron chi connectivity index (χ0n) is 17.9. The summed E-state index contributed by atoms with van der Waals surface area (Å²) in [5, 5.41) is 14.5. The summed E-state index contributed by atoms with van der Waals surface area (Å²) in [7, 11) is 0. The summed E-state index contributed by atoms with van der Waals surface area (Å²) in [6, 6.07) is 4.71. The lowest BCUT2D eigenvalue weighted by atomic mass is 10.0. The monoisotopic (exact) mass is 559 g/mol. The van der Waals surface area contributed by atoms with Crippen LogP contribution in [0.15, 0.2) is 47.1 Å². The Balaban J connectivity index is 1.83. The third-order valence-electron chi connectivity index (χ3n) is 5.17. The van der Waals surface area contributed by atoms with Gasteiger partial charge >= 0.3 is 5.97 Å². The molecular formula is C23H19BrF5N3O3. The van der Waals surface area contributed by atoms with E-state index >= 15 is 0 Å². The van der Waals surface area contributed by atoms with Crippen LogP contribution in [0.5, 0.6) is 0 Å². The number of aliphatic carboxylic acids is 1. The number of halogens is 6. The van der Waals surface area contributed by atoms with Gasteiger partial charge in [0.05, 0.1) is 18.2 Å². The predicted molar refractivity (Wildman–Crippen MR) is 122 cm³/mol. The van der Waals surface area contributed by atoms with Crippen molar-refractivity contribution in [1.82, 2.24) is 10.3 Å². The van der Waals surface area contributed by atoms with Crippen LogP contribution in [0.25, 0.3) is 10.9 Å². The molecule has 0 radical (unpaired) electrons. The molecule has 0 aliphatic heterocycles. The molecule has 2 atom stereocenters. The molecule has 1 aromatic heterocycles. The van der Waals surface area contributed by atoms with Crippen molar-refractivity contribution in [2.75, 3.05) is 12.0 Å². The first-order valence-corrected chi connectivity index (χ1v) is 11.1. The van der Waals surface area contributed by atoms with Crippen LogP contribution in [0.2, 0.25) is 0 Å². The fraction of sp³-hybridized carbons (Fsp3) is 0.261. The molecule has 0 spiro atoms. The van der Waals surface area contributed by atoms with Gasteiger partial charge < -0.3 is 15.7 Å². The molecule has 0 aliphatic carbocycles. The Hall–Kier alpha value is -3.28. The van der Waals surface area contributed by atoms with Crippen molar-refractivity contribution in [3.63, 3.8) is 0 Å². The number of benzene rings is 2. The summed E-state index contributed by atoms with van der Waals surface area (Å²) in [5.74, 6) is -5.60. The molecule has 12 heteroatoms. The molecule has 1 heterocycles. The molecule has 2 aromatic carbocycles. The fourth-order valence-corrected chi connectivity index (χ4v) is 3.93. The molecular weight excluding hydrogens is 541 g/mol. The molecule has 1 amide bonds. The van der Waals surface area contributed by atoms with E-state index in [0.29, 0.717) is 28.6 Å². The number of fused-ring (bicyclic) bond motifs is 1. The Bertz CT molecular complexity index is 1220. The number of hydrogen-bond acceptors (Lipinski definition) is 4. The Kier molecular flexibility index (Phi) is 8.60. The van der Waals surface area contributed by atoms with Gasteiger partial charge in [0.2, 0.25) is 0 Å². The van der Waals surface area contributed by atoms with E-state index in [2.05, 4.69) is 31.5 Å². The average molecular weight is 560 g/mol. The zero-order chi connectivity index (χ0) is 25.7. The Morgan fingerprint density at radius 2 is 1.80 bits per heavy atom. The number of rotatable bonds is 10. The molecule has 0 fully saturated rings. The minimum atomic E-state index is -3.00. The van der Waals surface area contributed by atoms with Gasteiger partial charge in [0.15, 0.2) is 0 Å². The number of carbonyl (C=O) groups excluding carboxylic acids is 1. The second-order valence-corrected chi connectivity index (χ2v) is 8.41. The minimum absolute atomic E-state index is 0.232. The quantitative estimate of drug-likeness (QED) is 0.300. The maximum atomic E-state index is 14.6. The van der Waals surface area contributed by atoms with Gasteiger partial charge in [0.25, 0.3) is 12.3 Å². The Morgan fingerprint density at radius 3 is 2.40 bits per heavy atom. The summed E-state index contributed by atoms with van der Waals surface area (Å²) in [6.45, 7) is -1.08. The molecule has 0 bridgehead atoms. The van der Waals surface area contributed by atoms with E-state index < -0.39 is 66.4 Å². The number of hydrogen-bond donors (Lipinski definition) is 3. The van der Waals surface area contributed by atoms with Gasteiger partial charge in [0, 0.05) is 34.6 Å². The smallest absolute Gasteiger partial charge is 0.326 e. The number of carboxylic acid groups (broad SMARTS) is 1. The first kappa shape index (κ1) is 26.3. The van der Waals surface area contributed by atoms with Crippen molar-refractivity contribution in [3.8, 4) is 0 Å². The van der Waals surface area contributed by atoms with Gasteiger partial charge in [-0.1, -0.05) is 28.1 Å². The molecule has 3 rings (SSSR count). The molecule has 186 valence electrons. The predicted octanol–water partition coefficient (Wildman–Crippen LogP) is 5.11. The van der Waals surface area contributed by atoms with E-state index in [9.17, 15) is 36.6 Å². The van der Waals surface area contributed by atoms with Gasteiger partial charge in [-0.05, 0) is 29.8 Å². The highest BCUT2D eigenvalue weighted by atomic mass is 79.9. The number of nitrogens with one attached hydrogen (secondary N) is 2. The summed E-state index contributed by atoms with van der Waals surface area (Å²) in [6.07, 6.45) is -2.31. The molecule has 3 N–H and O–H groups in total. The first-order chi connectivity index (χ1) is 16.6. The first-order valence-electron chi connectivity index (χ1n) is 10.3. The van der Waals surface area contributed by atoms with Gasteiger partial charge in [0.1, 0.15) is 23.2 Å². The molecule has 6 nitrogen and oxygen atoms in total. The number of pyridine rings is 1. The van der Waals surface area contributed by atoms with Gasteiger partial charge in [-0.2, -0.15) is 0 Å². The van der Waals surface area contributed by atoms with Crippen LogP contribution < -0.4 is 10.6 Å². The normalized spacial score (nSPS) is 13.0. The minimum Gasteiger partial charge on any atom is -0.480 e. The van der Waals surface area contributed by atoms with Crippen molar-refractivity contribution in [3.05, 3.63) is 69.8 Å². The van der Waals surface area contributed by atoms with Crippen LogP contribution in [0.3, 0.4) is 0 Å². The highest BCUT2D eigenvalue weighted by Crippen LogP contribution is 2.26. The standard InChI is InChI=1S/C23H19BrF5N3O3/c24-14-4-3-11(20-13(14)2-1-7-30-20)8-18(23(34)35)32-22(33)19-15(26)9-12(10-16(19)27)31-17(5-6-25)21(28)29/h1-4,7,9-10,17-18,21,31H,5-6,8H2,(H,32,33)(H,34,35). The number of carbonyl (C=O) groups is 2. The van der Waals surface area contributed by atoms with Crippen molar-refractivity contribution in [2.45, 2.75) is 31.4 Å². The highest BCUT2D eigenvalue weighted by molar-refractivity contribution is 9.10. The third-order valence-corrected chi connectivity index (χ3v) is 5.86.